The Morgan fingerprint density at radius 1 is 0.810 bits per heavy atom. The number of hydrogen-bond donors (Lipinski definition) is 2. The van der Waals surface area contributed by atoms with E-state index in [4.69, 9.17) is 0 Å². The van der Waals surface area contributed by atoms with Crippen molar-refractivity contribution in [1.82, 2.24) is 10.6 Å². The summed E-state index contributed by atoms with van der Waals surface area (Å²) in [7, 11) is 0. The Bertz CT molecular complexity index is 469. The minimum absolute atomic E-state index is 0. The summed E-state index contributed by atoms with van der Waals surface area (Å²) < 4.78 is 0. The van der Waals surface area contributed by atoms with Crippen LogP contribution in [0.15, 0.2) is 34.3 Å². The summed E-state index contributed by atoms with van der Waals surface area (Å²) in [6.07, 6.45) is 0. The lowest BCUT2D eigenvalue weighted by atomic mass is 10.2. The second-order valence-electron chi connectivity index (χ2n) is 4.62. The zero-order valence-electron chi connectivity index (χ0n) is 11.7. The van der Waals surface area contributed by atoms with Gasteiger partial charge in [-0.15, -0.1) is 12.4 Å². The summed E-state index contributed by atoms with van der Waals surface area (Å²) in [5, 5.41) is 8.72. The van der Waals surface area contributed by atoms with Gasteiger partial charge in [-0.05, 0) is 11.1 Å². The van der Waals surface area contributed by atoms with Crippen molar-refractivity contribution in [2.24, 2.45) is 9.98 Å². The van der Waals surface area contributed by atoms with Gasteiger partial charge < -0.3 is 10.6 Å². The molecule has 0 aliphatic carbocycles. The first-order valence-corrected chi connectivity index (χ1v) is 8.77. The molecule has 0 aromatic heterocycles. The van der Waals surface area contributed by atoms with E-state index in [1.54, 1.807) is 23.5 Å². The number of thioether (sulfide) groups is 2. The number of aliphatic imine (C=N–C) groups is 2. The Kier molecular flexibility index (Phi) is 6.73. The number of amidine groups is 2. The Labute approximate surface area is 140 Å². The average molecular weight is 343 g/mol. The summed E-state index contributed by atoms with van der Waals surface area (Å²) in [6, 6.07) is 8.84. The predicted molar refractivity (Wildman–Crippen MR) is 96.9 cm³/mol. The molecule has 0 unspecified atom stereocenters. The fourth-order valence-corrected chi connectivity index (χ4v) is 3.75. The molecule has 0 saturated carbocycles. The van der Waals surface area contributed by atoms with Gasteiger partial charge in [-0.3, -0.25) is 9.98 Å². The van der Waals surface area contributed by atoms with E-state index >= 15 is 0 Å². The lowest BCUT2D eigenvalue weighted by molar-refractivity contribution is 0.963. The van der Waals surface area contributed by atoms with Gasteiger partial charge in [0.15, 0.2) is 10.3 Å². The lowest BCUT2D eigenvalue weighted by Gasteiger charge is -2.05. The van der Waals surface area contributed by atoms with E-state index in [1.807, 2.05) is 0 Å². The summed E-state index contributed by atoms with van der Waals surface area (Å²) in [5.74, 6) is 1.96. The summed E-state index contributed by atoms with van der Waals surface area (Å²) in [4.78, 5) is 8.77. The third-order valence-corrected chi connectivity index (χ3v) is 5.11. The van der Waals surface area contributed by atoms with E-state index in [0.717, 1.165) is 48.0 Å². The number of hydrogen-bond acceptors (Lipinski definition) is 6. The van der Waals surface area contributed by atoms with Crippen molar-refractivity contribution in [3.8, 4) is 0 Å². The Balaban J connectivity index is 0.00000161. The normalized spacial score (nSPS) is 16.6. The van der Waals surface area contributed by atoms with Crippen LogP contribution >= 0.6 is 35.9 Å². The zero-order valence-corrected chi connectivity index (χ0v) is 14.1. The van der Waals surface area contributed by atoms with Crippen molar-refractivity contribution in [2.45, 2.75) is 11.5 Å². The Hall–Kier alpha value is -0.850. The summed E-state index contributed by atoms with van der Waals surface area (Å²) in [6.45, 7) is 3.79. The molecule has 2 aliphatic rings. The number of halogens is 1. The van der Waals surface area contributed by atoms with Crippen molar-refractivity contribution in [1.29, 1.82) is 0 Å². The molecule has 0 amide bonds. The topological polar surface area (TPSA) is 48.8 Å². The van der Waals surface area contributed by atoms with Crippen molar-refractivity contribution in [3.63, 3.8) is 0 Å². The van der Waals surface area contributed by atoms with Crippen molar-refractivity contribution in [2.75, 3.05) is 26.2 Å². The molecule has 2 aliphatic heterocycles. The van der Waals surface area contributed by atoms with Gasteiger partial charge in [-0.25, -0.2) is 0 Å². The van der Waals surface area contributed by atoms with Crippen LogP contribution in [0.5, 0.6) is 0 Å². The maximum Gasteiger partial charge on any atom is 0.157 e. The van der Waals surface area contributed by atoms with Crippen LogP contribution < -0.4 is 10.6 Å². The molecule has 2 N–H and O–H groups in total. The standard InChI is InChI=1S/C14H18N4S2.ClH/c1-2-12(10-20-14-17-7-8-18-14)4-3-11(1)9-19-13-15-5-6-16-13;/h1-4H,5-10H2,(H,15,16)(H,17,18);1H. The molecular weight excluding hydrogens is 324 g/mol. The van der Waals surface area contributed by atoms with E-state index in [0.29, 0.717) is 0 Å². The van der Waals surface area contributed by atoms with Gasteiger partial charge in [-0.1, -0.05) is 47.8 Å². The highest BCUT2D eigenvalue weighted by Gasteiger charge is 2.07. The first-order valence-electron chi connectivity index (χ1n) is 6.80. The highest BCUT2D eigenvalue weighted by atomic mass is 35.5. The SMILES string of the molecule is Cl.c1cc(CSC2=NCCN2)ccc1CSC1=NCCN1. The number of nitrogens with zero attached hydrogens (tertiary/aromatic N) is 2. The third kappa shape index (κ3) is 5.13. The molecule has 0 bridgehead atoms. The quantitative estimate of drug-likeness (QED) is 0.882. The van der Waals surface area contributed by atoms with Crippen molar-refractivity contribution < 1.29 is 0 Å². The molecule has 21 heavy (non-hydrogen) atoms. The molecule has 7 heteroatoms. The van der Waals surface area contributed by atoms with Crippen LogP contribution in [0.1, 0.15) is 11.1 Å². The van der Waals surface area contributed by atoms with Gasteiger partial charge >= 0.3 is 0 Å². The van der Waals surface area contributed by atoms with Crippen LogP contribution in [0.25, 0.3) is 0 Å². The highest BCUT2D eigenvalue weighted by Crippen LogP contribution is 2.18. The summed E-state index contributed by atoms with van der Waals surface area (Å²) >= 11 is 3.56. The number of benzene rings is 1. The molecule has 0 saturated heterocycles. The molecule has 1 aromatic carbocycles. The Morgan fingerprint density at radius 3 is 1.57 bits per heavy atom. The van der Waals surface area contributed by atoms with E-state index < -0.39 is 0 Å². The summed E-state index contributed by atoms with van der Waals surface area (Å²) in [5.41, 5.74) is 2.69. The van der Waals surface area contributed by atoms with Crippen LogP contribution in [0.2, 0.25) is 0 Å². The van der Waals surface area contributed by atoms with Gasteiger partial charge in [0.25, 0.3) is 0 Å². The van der Waals surface area contributed by atoms with Crippen molar-refractivity contribution >= 4 is 46.3 Å². The maximum atomic E-state index is 4.39. The van der Waals surface area contributed by atoms with Crippen LogP contribution in [-0.4, -0.2) is 36.5 Å². The van der Waals surface area contributed by atoms with Gasteiger partial charge in [0.05, 0.1) is 13.1 Å². The number of rotatable bonds is 4. The molecule has 114 valence electrons. The third-order valence-electron chi connectivity index (χ3n) is 3.06. The first-order chi connectivity index (χ1) is 9.90. The second kappa shape index (κ2) is 8.56. The van der Waals surface area contributed by atoms with Crippen LogP contribution in [0.4, 0.5) is 0 Å². The molecule has 0 spiro atoms. The van der Waals surface area contributed by atoms with E-state index in [9.17, 15) is 0 Å². The van der Waals surface area contributed by atoms with E-state index in [-0.39, 0.29) is 12.4 Å². The molecule has 1 aromatic rings. The van der Waals surface area contributed by atoms with Crippen LogP contribution in [0.3, 0.4) is 0 Å². The van der Waals surface area contributed by atoms with E-state index in [1.165, 1.54) is 11.1 Å². The second-order valence-corrected chi connectivity index (χ2v) is 6.55. The zero-order chi connectivity index (χ0) is 13.6. The first kappa shape index (κ1) is 16.5. The van der Waals surface area contributed by atoms with Gasteiger partial charge in [-0.2, -0.15) is 0 Å². The van der Waals surface area contributed by atoms with Gasteiger partial charge in [0, 0.05) is 24.6 Å². The van der Waals surface area contributed by atoms with Crippen molar-refractivity contribution in [3.05, 3.63) is 35.4 Å². The lowest BCUT2D eigenvalue weighted by Crippen LogP contribution is -2.15. The fraction of sp³-hybridized carbons (Fsp3) is 0.429. The average Bonchev–Trinajstić information content (AvgIpc) is 3.17. The smallest absolute Gasteiger partial charge is 0.157 e. The largest absolute Gasteiger partial charge is 0.363 e. The minimum atomic E-state index is 0. The van der Waals surface area contributed by atoms with Gasteiger partial charge in [0.1, 0.15) is 0 Å². The molecule has 0 fully saturated rings. The fourth-order valence-electron chi connectivity index (χ4n) is 1.98. The highest BCUT2D eigenvalue weighted by molar-refractivity contribution is 8.13. The van der Waals surface area contributed by atoms with Gasteiger partial charge in [0.2, 0.25) is 0 Å². The van der Waals surface area contributed by atoms with E-state index in [2.05, 4.69) is 44.9 Å². The molecule has 0 radical (unpaired) electrons. The maximum absolute atomic E-state index is 4.39. The molecule has 4 nitrogen and oxygen atoms in total. The Morgan fingerprint density at radius 2 is 1.24 bits per heavy atom. The molecule has 3 rings (SSSR count). The van der Waals surface area contributed by atoms with Crippen LogP contribution in [0, 0.1) is 0 Å². The molecular formula is C14H19ClN4S2. The monoisotopic (exact) mass is 342 g/mol. The minimum Gasteiger partial charge on any atom is -0.363 e. The predicted octanol–water partition coefficient (Wildman–Crippen LogP) is 2.49. The molecule has 0 atom stereocenters. The number of nitrogens with one attached hydrogen (secondary N) is 2. The molecule has 2 heterocycles. The van der Waals surface area contributed by atoms with Crippen LogP contribution in [-0.2, 0) is 11.5 Å².